The number of nitrogens with zero attached hydrogens (tertiary/aromatic N) is 2. The van der Waals surface area contributed by atoms with Gasteiger partial charge in [-0.15, -0.1) is 0 Å². The molecule has 2 aromatic carbocycles. The average Bonchev–Trinajstić information content (AvgIpc) is 2.99. The van der Waals surface area contributed by atoms with Crippen LogP contribution in [-0.2, 0) is 26.2 Å². The highest BCUT2D eigenvalue weighted by Gasteiger charge is 2.30. The number of sulfonamides is 1. The van der Waals surface area contributed by atoms with E-state index in [1.165, 1.54) is 10.7 Å². The van der Waals surface area contributed by atoms with Crippen LogP contribution in [-0.4, -0.2) is 70.3 Å². The van der Waals surface area contributed by atoms with E-state index in [1.54, 1.807) is 30.2 Å². The van der Waals surface area contributed by atoms with E-state index in [0.29, 0.717) is 42.6 Å². The molecule has 1 fully saturated rings. The van der Waals surface area contributed by atoms with Gasteiger partial charge >= 0.3 is 0 Å². The molecule has 1 heterocycles. The Morgan fingerprint density at radius 3 is 2.48 bits per heavy atom. The molecule has 11 heteroatoms. The fourth-order valence-electron chi connectivity index (χ4n) is 5.62. The molecule has 2 aliphatic rings. The molecular weight excluding hydrogens is 558 g/mol. The number of carbonyl (C=O) groups excluding carboxylic acids is 2. The number of amides is 2. The Balaban J connectivity index is 1.49. The van der Waals surface area contributed by atoms with Crippen LogP contribution in [0.2, 0.25) is 0 Å². The molecule has 0 saturated heterocycles. The Labute approximate surface area is 249 Å². The third kappa shape index (κ3) is 8.30. The second-order valence-electron chi connectivity index (χ2n) is 10.9. The van der Waals surface area contributed by atoms with E-state index >= 15 is 0 Å². The lowest BCUT2D eigenvalue weighted by atomic mass is 9.95. The van der Waals surface area contributed by atoms with Gasteiger partial charge in [0.05, 0.1) is 19.1 Å². The molecule has 0 unspecified atom stereocenters. The number of fused-ring (bicyclic) bond motifs is 1. The van der Waals surface area contributed by atoms with Gasteiger partial charge in [-0.1, -0.05) is 38.3 Å². The minimum Gasteiger partial charge on any atom is -0.497 e. The van der Waals surface area contributed by atoms with E-state index in [1.807, 2.05) is 31.2 Å². The van der Waals surface area contributed by atoms with Gasteiger partial charge in [0.2, 0.25) is 21.8 Å². The van der Waals surface area contributed by atoms with Gasteiger partial charge in [-0.2, -0.15) is 0 Å². The Hall–Kier alpha value is -3.47. The first-order chi connectivity index (χ1) is 20.2. The molecule has 0 radical (unpaired) electrons. The minimum atomic E-state index is -3.64. The zero-order chi connectivity index (χ0) is 30.1. The van der Waals surface area contributed by atoms with Gasteiger partial charge < -0.3 is 24.4 Å². The number of carbonyl (C=O) groups is 2. The number of methoxy groups -OCH3 is 1. The number of nitrogens with one attached hydrogen (secondary N) is 1. The molecule has 1 aliphatic carbocycles. The topological polar surface area (TPSA) is 114 Å². The van der Waals surface area contributed by atoms with Gasteiger partial charge in [-0.25, -0.2) is 8.42 Å². The largest absolute Gasteiger partial charge is 0.497 e. The second-order valence-corrected chi connectivity index (χ2v) is 12.8. The van der Waals surface area contributed by atoms with Crippen LogP contribution in [0.4, 0.5) is 5.69 Å². The van der Waals surface area contributed by atoms with E-state index in [-0.39, 0.29) is 43.8 Å². The second kappa shape index (κ2) is 14.6. The van der Waals surface area contributed by atoms with Crippen molar-refractivity contribution in [2.45, 2.75) is 76.9 Å². The maximum Gasteiger partial charge on any atom is 0.243 e. The fourth-order valence-corrected chi connectivity index (χ4v) is 6.58. The summed E-state index contributed by atoms with van der Waals surface area (Å²) in [6.07, 6.45) is 7.22. The van der Waals surface area contributed by atoms with Crippen LogP contribution < -0.4 is 23.8 Å². The third-order valence-corrected chi connectivity index (χ3v) is 8.98. The molecule has 42 heavy (non-hydrogen) atoms. The summed E-state index contributed by atoms with van der Waals surface area (Å²) in [7, 11) is -2.05. The summed E-state index contributed by atoms with van der Waals surface area (Å²) in [6, 6.07) is 12.0. The van der Waals surface area contributed by atoms with E-state index in [2.05, 4.69) is 5.32 Å². The molecule has 1 atom stereocenters. The van der Waals surface area contributed by atoms with E-state index in [0.717, 1.165) is 37.5 Å². The van der Waals surface area contributed by atoms with Crippen molar-refractivity contribution < 1.29 is 32.2 Å². The Morgan fingerprint density at radius 1 is 1.05 bits per heavy atom. The van der Waals surface area contributed by atoms with Gasteiger partial charge in [0.25, 0.3) is 0 Å². The molecule has 1 aliphatic heterocycles. The predicted octanol–water partition coefficient (Wildman–Crippen LogP) is 4.27. The fraction of sp³-hybridized carbons (Fsp3) is 0.548. The van der Waals surface area contributed by atoms with Crippen molar-refractivity contribution in [3.8, 4) is 17.2 Å². The minimum absolute atomic E-state index is 0.0771. The lowest BCUT2D eigenvalue weighted by molar-refractivity contribution is -0.141. The summed E-state index contributed by atoms with van der Waals surface area (Å²) in [6.45, 7) is 3.07. The molecule has 0 aromatic heterocycles. The van der Waals surface area contributed by atoms with Crippen molar-refractivity contribution in [3.63, 3.8) is 0 Å². The van der Waals surface area contributed by atoms with Crippen molar-refractivity contribution in [2.24, 2.45) is 0 Å². The summed E-state index contributed by atoms with van der Waals surface area (Å²) in [5.41, 5.74) is 1.29. The van der Waals surface area contributed by atoms with Crippen LogP contribution in [0.1, 0.15) is 63.9 Å². The Bertz CT molecular complexity index is 1330. The molecule has 1 N–H and O–H groups in total. The lowest BCUT2D eigenvalue weighted by Gasteiger charge is -2.33. The van der Waals surface area contributed by atoms with Crippen molar-refractivity contribution in [1.29, 1.82) is 0 Å². The van der Waals surface area contributed by atoms with Gasteiger partial charge in [0.15, 0.2) is 11.5 Å². The van der Waals surface area contributed by atoms with Gasteiger partial charge in [-0.05, 0) is 55.5 Å². The zero-order valence-electron chi connectivity index (χ0n) is 24.8. The molecule has 0 bridgehead atoms. The first-order valence-corrected chi connectivity index (χ1v) is 16.6. The standard InChI is InChI=1S/C31H43N3O7S/c1-4-27(31(36)32-24-11-6-5-7-12-24)33(22-23-10-8-13-26(20-23)39-2)30(35)14-9-17-34(42(3,37)38)25-15-16-28-29(21-25)41-19-18-40-28/h8,10,13,15-16,20-21,24,27H,4-7,9,11-12,14,17-19,22H2,1-3H3,(H,32,36)/t27-/m1/s1. The third-order valence-electron chi connectivity index (χ3n) is 7.79. The zero-order valence-corrected chi connectivity index (χ0v) is 25.7. The maximum atomic E-state index is 13.8. The van der Waals surface area contributed by atoms with Crippen LogP contribution in [0.15, 0.2) is 42.5 Å². The normalized spacial score (nSPS) is 15.9. The molecule has 2 aromatic rings. The van der Waals surface area contributed by atoms with Crippen molar-refractivity contribution in [2.75, 3.05) is 37.4 Å². The summed E-state index contributed by atoms with van der Waals surface area (Å²) < 4.78 is 43.3. The number of rotatable bonds is 13. The number of anilines is 1. The van der Waals surface area contributed by atoms with Crippen molar-refractivity contribution in [1.82, 2.24) is 10.2 Å². The maximum absolute atomic E-state index is 13.8. The summed E-state index contributed by atoms with van der Waals surface area (Å²) >= 11 is 0. The number of hydrogen-bond acceptors (Lipinski definition) is 7. The van der Waals surface area contributed by atoms with Crippen LogP contribution in [0, 0.1) is 0 Å². The van der Waals surface area contributed by atoms with Crippen molar-refractivity contribution >= 4 is 27.5 Å². The SMILES string of the molecule is CC[C@H](C(=O)NC1CCCCC1)N(Cc1cccc(OC)c1)C(=O)CCCN(c1ccc2c(c1)OCCO2)S(C)(=O)=O. The van der Waals surface area contributed by atoms with E-state index < -0.39 is 16.1 Å². The summed E-state index contributed by atoms with van der Waals surface area (Å²) in [5.74, 6) is 1.37. The predicted molar refractivity (Wildman–Crippen MR) is 161 cm³/mol. The lowest BCUT2D eigenvalue weighted by Crippen LogP contribution is -2.51. The molecular formula is C31H43N3O7S. The number of ether oxygens (including phenoxy) is 3. The van der Waals surface area contributed by atoms with Gasteiger partial charge in [0.1, 0.15) is 25.0 Å². The highest BCUT2D eigenvalue weighted by Crippen LogP contribution is 2.35. The smallest absolute Gasteiger partial charge is 0.243 e. The molecule has 1 saturated carbocycles. The van der Waals surface area contributed by atoms with Crippen LogP contribution in [0.25, 0.3) is 0 Å². The van der Waals surface area contributed by atoms with Crippen LogP contribution in [0.3, 0.4) is 0 Å². The summed E-state index contributed by atoms with van der Waals surface area (Å²) in [4.78, 5) is 28.9. The molecule has 0 spiro atoms. The summed E-state index contributed by atoms with van der Waals surface area (Å²) in [5, 5.41) is 3.19. The Morgan fingerprint density at radius 2 is 1.79 bits per heavy atom. The van der Waals surface area contributed by atoms with E-state index in [4.69, 9.17) is 14.2 Å². The first-order valence-electron chi connectivity index (χ1n) is 14.8. The number of hydrogen-bond donors (Lipinski definition) is 1. The molecule has 4 rings (SSSR count). The quantitative estimate of drug-likeness (QED) is 0.365. The van der Waals surface area contributed by atoms with E-state index in [9.17, 15) is 18.0 Å². The highest BCUT2D eigenvalue weighted by atomic mass is 32.2. The number of benzene rings is 2. The monoisotopic (exact) mass is 601 g/mol. The Kier molecular flexibility index (Phi) is 11.0. The average molecular weight is 602 g/mol. The molecule has 10 nitrogen and oxygen atoms in total. The van der Waals surface area contributed by atoms with Crippen LogP contribution in [0.5, 0.6) is 17.2 Å². The van der Waals surface area contributed by atoms with Crippen molar-refractivity contribution in [3.05, 3.63) is 48.0 Å². The van der Waals surface area contributed by atoms with Crippen LogP contribution >= 0.6 is 0 Å². The first kappa shape index (κ1) is 31.5. The van der Waals surface area contributed by atoms with Gasteiger partial charge in [0, 0.05) is 31.6 Å². The highest BCUT2D eigenvalue weighted by molar-refractivity contribution is 7.92. The molecule has 2 amide bonds. The molecule has 230 valence electrons. The van der Waals surface area contributed by atoms with Gasteiger partial charge in [-0.3, -0.25) is 13.9 Å².